The van der Waals surface area contributed by atoms with Gasteiger partial charge in [0, 0.05) is 10.0 Å². The lowest BCUT2D eigenvalue weighted by Crippen LogP contribution is -2.31. The molecule has 122 valence electrons. The van der Waals surface area contributed by atoms with E-state index in [1.807, 2.05) is 36.4 Å². The molecule has 1 unspecified atom stereocenters. The van der Waals surface area contributed by atoms with Crippen LogP contribution in [0.1, 0.15) is 17.2 Å². The Morgan fingerprint density at radius 2 is 2.00 bits per heavy atom. The molecular weight excluding hydrogens is 362 g/mol. The number of hydrogen-bond donors (Lipinski definition) is 2. The number of amides is 1. The molecule has 0 radical (unpaired) electrons. The normalized spacial score (nSPS) is 11.6. The van der Waals surface area contributed by atoms with E-state index in [0.717, 1.165) is 10.0 Å². The second-order valence-electron chi connectivity index (χ2n) is 4.83. The molecule has 0 aliphatic rings. The fourth-order valence-electron chi connectivity index (χ4n) is 2.10. The Balaban J connectivity index is 2.00. The topological polar surface area (TPSA) is 67.8 Å². The number of rotatable bonds is 6. The summed E-state index contributed by atoms with van der Waals surface area (Å²) in [5.74, 6) is 0.571. The lowest BCUT2D eigenvalue weighted by molar-refractivity contribution is 0.129. The zero-order valence-corrected chi connectivity index (χ0v) is 14.2. The van der Waals surface area contributed by atoms with Crippen molar-refractivity contribution in [3.63, 3.8) is 0 Å². The highest BCUT2D eigenvalue weighted by Crippen LogP contribution is 2.28. The Morgan fingerprint density at radius 1 is 1.26 bits per heavy atom. The number of carbonyl (C=O) groups is 1. The maximum atomic E-state index is 11.9. The van der Waals surface area contributed by atoms with Gasteiger partial charge in [-0.05, 0) is 17.7 Å². The van der Waals surface area contributed by atoms with Gasteiger partial charge in [0.15, 0.2) is 0 Å². The van der Waals surface area contributed by atoms with Crippen LogP contribution in [0.2, 0.25) is 0 Å². The molecule has 1 amide bonds. The molecule has 0 spiro atoms. The maximum absolute atomic E-state index is 11.9. The second kappa shape index (κ2) is 8.55. The van der Waals surface area contributed by atoms with E-state index in [4.69, 9.17) is 9.47 Å². The number of methoxy groups -OCH3 is 1. The Labute approximate surface area is 143 Å². The molecule has 0 saturated heterocycles. The van der Waals surface area contributed by atoms with E-state index in [0.29, 0.717) is 11.3 Å². The highest BCUT2D eigenvalue weighted by atomic mass is 79.9. The highest BCUT2D eigenvalue weighted by molar-refractivity contribution is 9.10. The number of aliphatic hydroxyl groups excluding tert-OH is 1. The molecule has 6 heteroatoms. The first kappa shape index (κ1) is 17.3. The molecule has 0 aliphatic carbocycles. The first-order valence-electron chi connectivity index (χ1n) is 7.05. The van der Waals surface area contributed by atoms with Gasteiger partial charge < -0.3 is 19.9 Å². The van der Waals surface area contributed by atoms with Crippen molar-refractivity contribution in [3.8, 4) is 5.75 Å². The standard InChI is InChI=1S/C17H18BrNO4/c1-22-16-9-13(18)7-8-14(16)15(10-20)19-17(21)23-11-12-5-3-2-4-6-12/h2-9,15,20H,10-11H2,1H3,(H,19,21). The van der Waals surface area contributed by atoms with Gasteiger partial charge >= 0.3 is 6.09 Å². The predicted octanol–water partition coefficient (Wildman–Crippen LogP) is 3.42. The summed E-state index contributed by atoms with van der Waals surface area (Å²) in [6.45, 7) is -0.0965. The minimum absolute atomic E-state index is 0.169. The van der Waals surface area contributed by atoms with E-state index in [-0.39, 0.29) is 13.2 Å². The van der Waals surface area contributed by atoms with Crippen molar-refractivity contribution in [1.82, 2.24) is 5.32 Å². The third-order valence-corrected chi connectivity index (χ3v) is 3.75. The van der Waals surface area contributed by atoms with Crippen LogP contribution >= 0.6 is 15.9 Å². The van der Waals surface area contributed by atoms with Crippen molar-refractivity contribution >= 4 is 22.0 Å². The monoisotopic (exact) mass is 379 g/mol. The maximum Gasteiger partial charge on any atom is 0.408 e. The van der Waals surface area contributed by atoms with E-state index >= 15 is 0 Å². The van der Waals surface area contributed by atoms with Gasteiger partial charge in [0.1, 0.15) is 12.4 Å². The fraction of sp³-hybridized carbons (Fsp3) is 0.235. The molecule has 0 saturated carbocycles. The van der Waals surface area contributed by atoms with Crippen molar-refractivity contribution in [1.29, 1.82) is 0 Å². The van der Waals surface area contributed by atoms with Crippen molar-refractivity contribution in [3.05, 3.63) is 64.1 Å². The van der Waals surface area contributed by atoms with E-state index in [1.165, 1.54) is 7.11 Å². The number of alkyl carbamates (subject to hydrolysis) is 1. The van der Waals surface area contributed by atoms with Crippen LogP contribution in [-0.4, -0.2) is 24.9 Å². The summed E-state index contributed by atoms with van der Waals surface area (Å²) in [4.78, 5) is 11.9. The number of hydrogen-bond acceptors (Lipinski definition) is 4. The van der Waals surface area contributed by atoms with Crippen LogP contribution in [0, 0.1) is 0 Å². The van der Waals surface area contributed by atoms with Gasteiger partial charge in [0.25, 0.3) is 0 Å². The molecular formula is C17H18BrNO4. The van der Waals surface area contributed by atoms with Crippen LogP contribution in [0.25, 0.3) is 0 Å². The minimum Gasteiger partial charge on any atom is -0.496 e. The van der Waals surface area contributed by atoms with Gasteiger partial charge in [-0.15, -0.1) is 0 Å². The number of halogens is 1. The molecule has 2 aromatic carbocycles. The highest BCUT2D eigenvalue weighted by Gasteiger charge is 2.18. The Hall–Kier alpha value is -2.05. The number of benzene rings is 2. The van der Waals surface area contributed by atoms with Crippen LogP contribution in [0.5, 0.6) is 5.75 Å². The van der Waals surface area contributed by atoms with Crippen molar-refractivity contribution in [2.24, 2.45) is 0 Å². The van der Waals surface area contributed by atoms with Gasteiger partial charge in [0.2, 0.25) is 0 Å². The Kier molecular flexibility index (Phi) is 6.43. The Morgan fingerprint density at radius 3 is 2.65 bits per heavy atom. The molecule has 0 aliphatic heterocycles. The third-order valence-electron chi connectivity index (χ3n) is 3.26. The molecule has 23 heavy (non-hydrogen) atoms. The Bertz CT molecular complexity index is 648. The molecule has 0 aromatic heterocycles. The quantitative estimate of drug-likeness (QED) is 0.806. The zero-order chi connectivity index (χ0) is 16.7. The summed E-state index contributed by atoms with van der Waals surface area (Å²) in [7, 11) is 1.54. The van der Waals surface area contributed by atoms with Crippen molar-refractivity contribution in [2.75, 3.05) is 13.7 Å². The van der Waals surface area contributed by atoms with Gasteiger partial charge in [-0.25, -0.2) is 4.79 Å². The third kappa shape index (κ3) is 4.97. The lowest BCUT2D eigenvalue weighted by atomic mass is 10.1. The molecule has 2 aromatic rings. The molecule has 0 fully saturated rings. The molecule has 0 heterocycles. The minimum atomic E-state index is -0.610. The van der Waals surface area contributed by atoms with Crippen LogP contribution in [0.15, 0.2) is 53.0 Å². The zero-order valence-electron chi connectivity index (χ0n) is 12.7. The smallest absolute Gasteiger partial charge is 0.408 e. The average Bonchev–Trinajstić information content (AvgIpc) is 2.59. The predicted molar refractivity (Wildman–Crippen MR) is 90.3 cm³/mol. The van der Waals surface area contributed by atoms with Crippen molar-refractivity contribution in [2.45, 2.75) is 12.6 Å². The van der Waals surface area contributed by atoms with E-state index in [9.17, 15) is 9.90 Å². The van der Waals surface area contributed by atoms with Crippen molar-refractivity contribution < 1.29 is 19.4 Å². The lowest BCUT2D eigenvalue weighted by Gasteiger charge is -2.19. The second-order valence-corrected chi connectivity index (χ2v) is 5.74. The van der Waals surface area contributed by atoms with Gasteiger partial charge in [0.05, 0.1) is 19.8 Å². The number of nitrogens with one attached hydrogen (secondary N) is 1. The summed E-state index contributed by atoms with van der Waals surface area (Å²) < 4.78 is 11.3. The molecule has 2 rings (SSSR count). The largest absolute Gasteiger partial charge is 0.496 e. The van der Waals surface area contributed by atoms with Gasteiger partial charge in [-0.3, -0.25) is 0 Å². The van der Waals surface area contributed by atoms with E-state index in [1.54, 1.807) is 12.1 Å². The van der Waals surface area contributed by atoms with E-state index < -0.39 is 12.1 Å². The van der Waals surface area contributed by atoms with Crippen LogP contribution in [-0.2, 0) is 11.3 Å². The molecule has 5 nitrogen and oxygen atoms in total. The van der Waals surface area contributed by atoms with E-state index in [2.05, 4.69) is 21.2 Å². The van der Waals surface area contributed by atoms with Gasteiger partial charge in [-0.2, -0.15) is 0 Å². The molecule has 2 N–H and O–H groups in total. The summed E-state index contributed by atoms with van der Waals surface area (Å²) >= 11 is 3.36. The fourth-order valence-corrected chi connectivity index (χ4v) is 2.44. The summed E-state index contributed by atoms with van der Waals surface area (Å²) in [5.41, 5.74) is 1.57. The summed E-state index contributed by atoms with van der Waals surface area (Å²) in [6, 6.07) is 14.1. The van der Waals surface area contributed by atoms with Gasteiger partial charge in [-0.1, -0.05) is 52.3 Å². The van der Waals surface area contributed by atoms with Crippen LogP contribution in [0.3, 0.4) is 0 Å². The SMILES string of the molecule is COc1cc(Br)ccc1C(CO)NC(=O)OCc1ccccc1. The average molecular weight is 380 g/mol. The van der Waals surface area contributed by atoms with Crippen LogP contribution in [0.4, 0.5) is 4.79 Å². The number of ether oxygens (including phenoxy) is 2. The molecule has 1 atom stereocenters. The molecule has 0 bridgehead atoms. The first-order valence-corrected chi connectivity index (χ1v) is 7.85. The first-order chi connectivity index (χ1) is 11.1. The van der Waals surface area contributed by atoms with Crippen LogP contribution < -0.4 is 10.1 Å². The summed E-state index contributed by atoms with van der Waals surface area (Å²) in [6.07, 6.45) is -0.599. The summed E-state index contributed by atoms with van der Waals surface area (Å²) in [5, 5.41) is 12.2. The number of aliphatic hydroxyl groups is 1. The number of carbonyl (C=O) groups excluding carboxylic acids is 1.